The first-order valence-corrected chi connectivity index (χ1v) is 9.20. The van der Waals surface area contributed by atoms with Gasteiger partial charge in [0.15, 0.2) is 5.82 Å². The summed E-state index contributed by atoms with van der Waals surface area (Å²) in [6.45, 7) is 0.699. The topological polar surface area (TPSA) is 76.2 Å². The number of nitrogens with zero attached hydrogens (tertiary/aromatic N) is 1. The summed E-state index contributed by atoms with van der Waals surface area (Å²) in [5.41, 5.74) is 0.428. The van der Waals surface area contributed by atoms with Gasteiger partial charge in [-0.3, -0.25) is 9.89 Å². The highest BCUT2D eigenvalue weighted by Crippen LogP contribution is 2.45. The highest BCUT2D eigenvalue weighted by molar-refractivity contribution is 5.99. The zero-order valence-electron chi connectivity index (χ0n) is 15.0. The highest BCUT2D eigenvalue weighted by Gasteiger charge is 2.46. The van der Waals surface area contributed by atoms with Gasteiger partial charge in [0, 0.05) is 12.7 Å². The Labute approximate surface area is 159 Å². The molecule has 0 radical (unpaired) electrons. The maximum atomic E-state index is 13.0. The van der Waals surface area contributed by atoms with Gasteiger partial charge in [-0.05, 0) is 43.4 Å². The third-order valence-corrected chi connectivity index (χ3v) is 5.38. The average molecular weight is 395 g/mol. The molecule has 0 spiro atoms. The number of amides is 1. The van der Waals surface area contributed by atoms with Crippen LogP contribution < -0.4 is 10.1 Å². The van der Waals surface area contributed by atoms with Crippen LogP contribution in [0.25, 0.3) is 0 Å². The van der Waals surface area contributed by atoms with Gasteiger partial charge in [0.2, 0.25) is 5.91 Å². The van der Waals surface area contributed by atoms with E-state index in [0.29, 0.717) is 30.8 Å². The van der Waals surface area contributed by atoms with Crippen molar-refractivity contribution in [1.29, 1.82) is 0 Å². The van der Waals surface area contributed by atoms with Crippen LogP contribution in [0.2, 0.25) is 0 Å². The lowest BCUT2D eigenvalue weighted by atomic mass is 9.63. The summed E-state index contributed by atoms with van der Waals surface area (Å²) >= 11 is 0. The molecule has 2 aromatic rings. The van der Waals surface area contributed by atoms with Gasteiger partial charge in [-0.15, -0.1) is 13.2 Å². The molecule has 1 aliphatic carbocycles. The monoisotopic (exact) mass is 395 g/mol. The molecule has 28 heavy (non-hydrogen) atoms. The summed E-state index contributed by atoms with van der Waals surface area (Å²) in [5, 5.41) is 9.80. The van der Waals surface area contributed by atoms with E-state index in [1.807, 2.05) is 0 Å². The number of anilines is 1. The minimum Gasteiger partial charge on any atom is -0.406 e. The number of carbonyl (C=O) groups excluding carboxylic acids is 1. The lowest BCUT2D eigenvalue weighted by molar-refractivity contribution is -0.274. The van der Waals surface area contributed by atoms with E-state index in [4.69, 9.17) is 4.74 Å². The molecule has 6 nitrogen and oxygen atoms in total. The van der Waals surface area contributed by atoms with E-state index in [1.165, 1.54) is 18.2 Å². The van der Waals surface area contributed by atoms with E-state index in [1.54, 1.807) is 12.1 Å². The number of alkyl halides is 3. The molecular formula is C19H20F3N3O3. The Morgan fingerprint density at radius 3 is 2.75 bits per heavy atom. The molecule has 2 heterocycles. The van der Waals surface area contributed by atoms with E-state index < -0.39 is 11.8 Å². The second-order valence-electron chi connectivity index (χ2n) is 7.18. The van der Waals surface area contributed by atoms with Gasteiger partial charge in [-0.2, -0.15) is 5.10 Å². The first-order chi connectivity index (χ1) is 13.4. The van der Waals surface area contributed by atoms with Crippen LogP contribution in [0, 0.1) is 0 Å². The number of H-pyrrole nitrogens is 1. The SMILES string of the molecule is O=C(Nc1cc(C2CCCO2)[nH]n1)C1(c2cccc(OC(F)(F)F)c2)CCC1. The normalized spacial score (nSPS) is 21.2. The Balaban J connectivity index is 1.51. The van der Waals surface area contributed by atoms with Gasteiger partial charge in [-0.25, -0.2) is 0 Å². The number of aromatic nitrogens is 2. The van der Waals surface area contributed by atoms with Crippen molar-refractivity contribution in [3.05, 3.63) is 41.6 Å². The summed E-state index contributed by atoms with van der Waals surface area (Å²) in [4.78, 5) is 13.0. The minimum absolute atomic E-state index is 0.0491. The fraction of sp³-hybridized carbons (Fsp3) is 0.474. The summed E-state index contributed by atoms with van der Waals surface area (Å²) in [6, 6.07) is 7.37. The highest BCUT2D eigenvalue weighted by atomic mass is 19.4. The number of hydrogen-bond acceptors (Lipinski definition) is 4. The van der Waals surface area contributed by atoms with Crippen molar-refractivity contribution in [1.82, 2.24) is 10.2 Å². The Kier molecular flexibility index (Phi) is 4.78. The number of ether oxygens (including phenoxy) is 2. The van der Waals surface area contributed by atoms with Crippen LogP contribution in [0.15, 0.2) is 30.3 Å². The molecule has 1 unspecified atom stereocenters. The third kappa shape index (κ3) is 3.71. The second-order valence-corrected chi connectivity index (χ2v) is 7.18. The molecule has 4 rings (SSSR count). The zero-order valence-corrected chi connectivity index (χ0v) is 15.0. The molecule has 1 aromatic carbocycles. The Bertz CT molecular complexity index is 855. The van der Waals surface area contributed by atoms with Crippen LogP contribution >= 0.6 is 0 Å². The summed E-state index contributed by atoms with van der Waals surface area (Å²) in [5.74, 6) is -0.234. The number of benzene rings is 1. The van der Waals surface area contributed by atoms with Crippen LogP contribution in [0.4, 0.5) is 19.0 Å². The molecule has 9 heteroatoms. The van der Waals surface area contributed by atoms with Gasteiger partial charge in [0.1, 0.15) is 5.75 Å². The zero-order chi connectivity index (χ0) is 19.8. The molecule has 1 atom stereocenters. The van der Waals surface area contributed by atoms with Crippen molar-refractivity contribution >= 4 is 11.7 Å². The van der Waals surface area contributed by atoms with Crippen molar-refractivity contribution in [3.8, 4) is 5.75 Å². The van der Waals surface area contributed by atoms with E-state index in [0.717, 1.165) is 25.0 Å². The number of carbonyl (C=O) groups is 1. The fourth-order valence-corrected chi connectivity index (χ4v) is 3.79. The van der Waals surface area contributed by atoms with Gasteiger partial charge in [0.05, 0.1) is 17.2 Å². The van der Waals surface area contributed by atoms with Crippen molar-refractivity contribution in [2.45, 2.75) is 50.0 Å². The number of halogens is 3. The van der Waals surface area contributed by atoms with Crippen LogP contribution in [0.1, 0.15) is 49.5 Å². The average Bonchev–Trinajstić information content (AvgIpc) is 3.23. The predicted molar refractivity (Wildman–Crippen MR) is 93.8 cm³/mol. The van der Waals surface area contributed by atoms with Crippen LogP contribution in [-0.2, 0) is 14.9 Å². The molecule has 1 amide bonds. The van der Waals surface area contributed by atoms with Gasteiger partial charge in [-0.1, -0.05) is 18.6 Å². The first kappa shape index (κ1) is 18.8. The molecule has 1 aliphatic heterocycles. The van der Waals surface area contributed by atoms with E-state index in [9.17, 15) is 18.0 Å². The molecular weight excluding hydrogens is 375 g/mol. The molecule has 0 bridgehead atoms. The molecule has 1 saturated carbocycles. The third-order valence-electron chi connectivity index (χ3n) is 5.38. The van der Waals surface area contributed by atoms with E-state index in [-0.39, 0.29) is 17.8 Å². The Morgan fingerprint density at radius 1 is 1.29 bits per heavy atom. The van der Waals surface area contributed by atoms with Crippen LogP contribution in [0.5, 0.6) is 5.75 Å². The first-order valence-electron chi connectivity index (χ1n) is 9.20. The van der Waals surface area contributed by atoms with Crippen LogP contribution in [-0.4, -0.2) is 29.1 Å². The van der Waals surface area contributed by atoms with Crippen molar-refractivity contribution < 1.29 is 27.4 Å². The van der Waals surface area contributed by atoms with Gasteiger partial charge >= 0.3 is 6.36 Å². The molecule has 1 saturated heterocycles. The maximum absolute atomic E-state index is 13.0. The van der Waals surface area contributed by atoms with E-state index in [2.05, 4.69) is 20.3 Å². The fourth-order valence-electron chi connectivity index (χ4n) is 3.79. The lowest BCUT2D eigenvalue weighted by Crippen LogP contribution is -2.46. The largest absolute Gasteiger partial charge is 0.573 e. The van der Waals surface area contributed by atoms with Crippen molar-refractivity contribution in [2.24, 2.45) is 0 Å². The van der Waals surface area contributed by atoms with Gasteiger partial charge < -0.3 is 14.8 Å². The van der Waals surface area contributed by atoms with Crippen LogP contribution in [0.3, 0.4) is 0 Å². The molecule has 2 fully saturated rings. The number of rotatable bonds is 5. The Morgan fingerprint density at radius 2 is 2.11 bits per heavy atom. The van der Waals surface area contributed by atoms with Gasteiger partial charge in [0.25, 0.3) is 0 Å². The second kappa shape index (κ2) is 7.12. The molecule has 150 valence electrons. The Hall–Kier alpha value is -2.55. The molecule has 1 aromatic heterocycles. The summed E-state index contributed by atoms with van der Waals surface area (Å²) < 4.78 is 47.1. The lowest BCUT2D eigenvalue weighted by Gasteiger charge is -2.40. The van der Waals surface area contributed by atoms with E-state index >= 15 is 0 Å². The number of hydrogen-bond donors (Lipinski definition) is 2. The minimum atomic E-state index is -4.78. The maximum Gasteiger partial charge on any atom is 0.573 e. The smallest absolute Gasteiger partial charge is 0.406 e. The molecule has 2 aliphatic rings. The summed E-state index contributed by atoms with van der Waals surface area (Å²) in [6.07, 6.45) is -1.03. The number of aromatic amines is 1. The van der Waals surface area contributed by atoms with Crippen molar-refractivity contribution in [2.75, 3.05) is 11.9 Å². The van der Waals surface area contributed by atoms with Crippen molar-refractivity contribution in [3.63, 3.8) is 0 Å². The summed E-state index contributed by atoms with van der Waals surface area (Å²) in [7, 11) is 0. The quantitative estimate of drug-likeness (QED) is 0.795. The predicted octanol–water partition coefficient (Wildman–Crippen LogP) is 4.22. The molecule has 2 N–H and O–H groups in total. The number of nitrogens with one attached hydrogen (secondary N) is 2. The standard InChI is InChI=1S/C19H20F3N3O3/c20-19(21,22)28-13-5-1-4-12(10-13)18(7-3-8-18)17(26)23-16-11-14(24-25-16)15-6-2-9-27-15/h1,4-5,10-11,15H,2-3,6-9H2,(H2,23,24,25,26).